The summed E-state index contributed by atoms with van der Waals surface area (Å²) in [5, 5.41) is 9.30. The summed E-state index contributed by atoms with van der Waals surface area (Å²) in [6.07, 6.45) is 2.00. The predicted octanol–water partition coefficient (Wildman–Crippen LogP) is 1.77. The first kappa shape index (κ1) is 10.7. The maximum atomic E-state index is 8.69. The van der Waals surface area contributed by atoms with Gasteiger partial charge in [0.25, 0.3) is 0 Å². The van der Waals surface area contributed by atoms with Crippen LogP contribution in [0.3, 0.4) is 0 Å². The molecule has 0 aliphatic rings. The number of nitrogens with two attached hydrogens (primary N) is 1. The molecule has 5 heteroatoms. The zero-order chi connectivity index (χ0) is 9.84. The molecule has 1 unspecified atom stereocenters. The predicted molar refractivity (Wildman–Crippen MR) is 52.9 cm³/mol. The van der Waals surface area contributed by atoms with Gasteiger partial charge in [0.15, 0.2) is 0 Å². The van der Waals surface area contributed by atoms with Crippen molar-refractivity contribution >= 4 is 23.2 Å². The maximum absolute atomic E-state index is 8.69. The summed E-state index contributed by atoms with van der Waals surface area (Å²) in [4.78, 5) is 3.80. The highest BCUT2D eigenvalue weighted by molar-refractivity contribution is 6.41. The van der Waals surface area contributed by atoms with Crippen molar-refractivity contribution in [3.05, 3.63) is 28.0 Å². The Balaban J connectivity index is 2.93. The van der Waals surface area contributed by atoms with Gasteiger partial charge in [-0.2, -0.15) is 0 Å². The second kappa shape index (κ2) is 4.77. The minimum atomic E-state index is -0.294. The SMILES string of the molecule is NC(CCO)c1ccnc(Cl)c1Cl. The number of rotatable bonds is 3. The number of hydrogen-bond acceptors (Lipinski definition) is 3. The van der Waals surface area contributed by atoms with Crippen molar-refractivity contribution in [3.63, 3.8) is 0 Å². The van der Waals surface area contributed by atoms with Gasteiger partial charge >= 0.3 is 0 Å². The van der Waals surface area contributed by atoms with Gasteiger partial charge in [0.05, 0.1) is 5.02 Å². The first-order valence-corrected chi connectivity index (χ1v) is 4.58. The Morgan fingerprint density at radius 1 is 1.54 bits per heavy atom. The first-order chi connectivity index (χ1) is 6.16. The summed E-state index contributed by atoms with van der Waals surface area (Å²) in [5.74, 6) is 0. The fourth-order valence-corrected chi connectivity index (χ4v) is 1.43. The third-order valence-corrected chi connectivity index (χ3v) is 2.50. The Bertz CT molecular complexity index is 293. The van der Waals surface area contributed by atoms with Crippen molar-refractivity contribution in [1.82, 2.24) is 4.98 Å². The molecule has 1 rings (SSSR count). The molecule has 1 aromatic rings. The molecule has 0 saturated heterocycles. The topological polar surface area (TPSA) is 59.1 Å². The van der Waals surface area contributed by atoms with E-state index in [1.54, 1.807) is 12.3 Å². The Labute approximate surface area is 86.5 Å². The van der Waals surface area contributed by atoms with Crippen molar-refractivity contribution in [2.24, 2.45) is 5.73 Å². The Kier molecular flexibility index (Phi) is 3.93. The number of aromatic nitrogens is 1. The molecule has 13 heavy (non-hydrogen) atoms. The van der Waals surface area contributed by atoms with Crippen LogP contribution in [-0.4, -0.2) is 16.7 Å². The Hall–Kier alpha value is -0.350. The van der Waals surface area contributed by atoms with E-state index in [9.17, 15) is 0 Å². The van der Waals surface area contributed by atoms with Gasteiger partial charge in [-0.25, -0.2) is 4.98 Å². The lowest BCUT2D eigenvalue weighted by atomic mass is 10.1. The minimum absolute atomic E-state index is 0.0252. The smallest absolute Gasteiger partial charge is 0.147 e. The van der Waals surface area contributed by atoms with Crippen LogP contribution in [0.15, 0.2) is 12.3 Å². The third-order valence-electron chi connectivity index (χ3n) is 1.72. The molecule has 3 N–H and O–H groups in total. The average Bonchev–Trinajstić information content (AvgIpc) is 2.10. The van der Waals surface area contributed by atoms with Crippen LogP contribution in [-0.2, 0) is 0 Å². The quantitative estimate of drug-likeness (QED) is 0.764. The fraction of sp³-hybridized carbons (Fsp3) is 0.375. The molecule has 0 aliphatic carbocycles. The molecular weight excluding hydrogens is 211 g/mol. The lowest BCUT2D eigenvalue weighted by molar-refractivity contribution is 0.276. The van der Waals surface area contributed by atoms with Crippen LogP contribution in [0.25, 0.3) is 0 Å². The second-order valence-corrected chi connectivity index (χ2v) is 3.36. The molecule has 0 aromatic carbocycles. The van der Waals surface area contributed by atoms with Crippen LogP contribution in [0, 0.1) is 0 Å². The number of aliphatic hydroxyl groups is 1. The summed E-state index contributed by atoms with van der Waals surface area (Å²) in [6, 6.07) is 1.41. The van der Waals surface area contributed by atoms with E-state index in [0.717, 1.165) is 5.56 Å². The normalized spacial score (nSPS) is 12.9. The number of aliphatic hydroxyl groups excluding tert-OH is 1. The van der Waals surface area contributed by atoms with Crippen LogP contribution in [0.1, 0.15) is 18.0 Å². The van der Waals surface area contributed by atoms with Crippen LogP contribution in [0.4, 0.5) is 0 Å². The first-order valence-electron chi connectivity index (χ1n) is 3.83. The van der Waals surface area contributed by atoms with Crippen LogP contribution in [0.2, 0.25) is 10.2 Å². The molecule has 0 bridgehead atoms. The van der Waals surface area contributed by atoms with E-state index >= 15 is 0 Å². The van der Waals surface area contributed by atoms with Gasteiger partial charge in [0, 0.05) is 18.8 Å². The number of hydrogen-bond donors (Lipinski definition) is 2. The molecule has 72 valence electrons. The Morgan fingerprint density at radius 3 is 2.85 bits per heavy atom. The van der Waals surface area contributed by atoms with Gasteiger partial charge in [0.1, 0.15) is 5.15 Å². The molecule has 0 amide bonds. The lowest BCUT2D eigenvalue weighted by Crippen LogP contribution is -2.12. The van der Waals surface area contributed by atoms with Crippen LogP contribution < -0.4 is 5.73 Å². The van der Waals surface area contributed by atoms with E-state index in [1.165, 1.54) is 0 Å². The van der Waals surface area contributed by atoms with Crippen LogP contribution >= 0.6 is 23.2 Å². The molecule has 0 spiro atoms. The zero-order valence-electron chi connectivity index (χ0n) is 6.87. The van der Waals surface area contributed by atoms with E-state index in [0.29, 0.717) is 11.4 Å². The number of pyridine rings is 1. The molecule has 1 aromatic heterocycles. The number of halogens is 2. The van der Waals surface area contributed by atoms with E-state index < -0.39 is 0 Å². The minimum Gasteiger partial charge on any atom is -0.396 e. The molecular formula is C8H10Cl2N2O. The monoisotopic (exact) mass is 220 g/mol. The summed E-state index contributed by atoms with van der Waals surface area (Å²) in [7, 11) is 0. The van der Waals surface area contributed by atoms with Gasteiger partial charge in [-0.05, 0) is 18.1 Å². The highest BCUT2D eigenvalue weighted by Gasteiger charge is 2.12. The zero-order valence-corrected chi connectivity index (χ0v) is 8.39. The van der Waals surface area contributed by atoms with Crippen LogP contribution in [0.5, 0.6) is 0 Å². The van der Waals surface area contributed by atoms with Gasteiger partial charge < -0.3 is 10.8 Å². The molecule has 0 radical (unpaired) electrons. The van der Waals surface area contributed by atoms with Crippen molar-refractivity contribution in [3.8, 4) is 0 Å². The highest BCUT2D eigenvalue weighted by Crippen LogP contribution is 2.28. The van der Waals surface area contributed by atoms with E-state index in [4.69, 9.17) is 34.0 Å². The molecule has 3 nitrogen and oxygen atoms in total. The fourth-order valence-electron chi connectivity index (χ4n) is 1.01. The molecule has 1 atom stereocenters. The standard InChI is InChI=1S/C8H10Cl2N2O/c9-7-5(6(11)2-4-13)1-3-12-8(7)10/h1,3,6,13H,2,4,11H2. The van der Waals surface area contributed by atoms with Crippen molar-refractivity contribution in [2.75, 3.05) is 6.61 Å². The summed E-state index contributed by atoms with van der Waals surface area (Å²) in [6.45, 7) is 0.0252. The molecule has 0 saturated carbocycles. The van der Waals surface area contributed by atoms with Crippen molar-refractivity contribution in [2.45, 2.75) is 12.5 Å². The molecule has 0 fully saturated rings. The summed E-state index contributed by atoms with van der Waals surface area (Å²) >= 11 is 11.6. The summed E-state index contributed by atoms with van der Waals surface area (Å²) < 4.78 is 0. The van der Waals surface area contributed by atoms with E-state index in [-0.39, 0.29) is 17.8 Å². The highest BCUT2D eigenvalue weighted by atomic mass is 35.5. The second-order valence-electron chi connectivity index (χ2n) is 2.62. The average molecular weight is 221 g/mol. The molecule has 1 heterocycles. The van der Waals surface area contributed by atoms with Gasteiger partial charge in [0.2, 0.25) is 0 Å². The maximum Gasteiger partial charge on any atom is 0.147 e. The van der Waals surface area contributed by atoms with E-state index in [1.807, 2.05) is 0 Å². The van der Waals surface area contributed by atoms with E-state index in [2.05, 4.69) is 4.98 Å². The Morgan fingerprint density at radius 2 is 2.23 bits per heavy atom. The third kappa shape index (κ3) is 2.54. The summed E-state index contributed by atoms with van der Waals surface area (Å²) in [5.41, 5.74) is 6.46. The number of nitrogens with zero attached hydrogens (tertiary/aromatic N) is 1. The van der Waals surface area contributed by atoms with Crippen molar-refractivity contribution < 1.29 is 5.11 Å². The largest absolute Gasteiger partial charge is 0.396 e. The molecule has 0 aliphatic heterocycles. The van der Waals surface area contributed by atoms with Gasteiger partial charge in [-0.3, -0.25) is 0 Å². The van der Waals surface area contributed by atoms with Gasteiger partial charge in [-0.15, -0.1) is 0 Å². The van der Waals surface area contributed by atoms with Crippen molar-refractivity contribution in [1.29, 1.82) is 0 Å². The lowest BCUT2D eigenvalue weighted by Gasteiger charge is -2.12. The van der Waals surface area contributed by atoms with Gasteiger partial charge in [-0.1, -0.05) is 23.2 Å².